The third-order valence-electron chi connectivity index (χ3n) is 6.04. The van der Waals surface area contributed by atoms with Crippen molar-refractivity contribution in [3.05, 3.63) is 76.0 Å². The second kappa shape index (κ2) is 8.14. The molecule has 0 spiro atoms. The van der Waals surface area contributed by atoms with Crippen molar-refractivity contribution in [2.24, 2.45) is 4.99 Å². The van der Waals surface area contributed by atoms with Crippen LogP contribution in [-0.4, -0.2) is 34.9 Å². The van der Waals surface area contributed by atoms with Crippen LogP contribution in [0.15, 0.2) is 69.0 Å². The molecule has 2 aliphatic heterocycles. The molecule has 0 amide bonds. The summed E-state index contributed by atoms with van der Waals surface area (Å²) in [5.41, 5.74) is 3.12. The molecule has 0 saturated carbocycles. The van der Waals surface area contributed by atoms with E-state index < -0.39 is 15.8 Å². The average Bonchev–Trinajstić information content (AvgIpc) is 2.82. The zero-order valence-electron chi connectivity index (χ0n) is 17.9. The van der Waals surface area contributed by atoms with Gasteiger partial charge >= 0.3 is 0 Å². The third-order valence-corrected chi connectivity index (χ3v) is 8.29. The van der Waals surface area contributed by atoms with Crippen molar-refractivity contribution in [3.63, 3.8) is 0 Å². The number of nitrogens with zero attached hydrogens (tertiary/aromatic N) is 2. The molecule has 3 aromatic rings. The molecule has 0 aliphatic carbocycles. The second-order valence-corrected chi connectivity index (χ2v) is 10.6. The summed E-state index contributed by atoms with van der Waals surface area (Å²) in [6.45, 7) is 0.0264. The fourth-order valence-electron chi connectivity index (χ4n) is 4.42. The number of hydrogen-bond acceptors (Lipinski definition) is 5. The fourth-order valence-corrected chi connectivity index (χ4v) is 6.24. The van der Waals surface area contributed by atoms with Crippen LogP contribution in [0.1, 0.15) is 17.0 Å². The van der Waals surface area contributed by atoms with Crippen LogP contribution in [0.25, 0.3) is 0 Å². The predicted molar refractivity (Wildman–Crippen MR) is 128 cm³/mol. The van der Waals surface area contributed by atoms with Crippen LogP contribution in [-0.2, 0) is 16.4 Å². The van der Waals surface area contributed by atoms with Gasteiger partial charge in [-0.1, -0.05) is 34.1 Å². The number of methoxy groups -OCH3 is 2. The molecule has 0 N–H and O–H groups in total. The molecular formula is C24H20BrFN2O4S. The molecule has 0 bridgehead atoms. The van der Waals surface area contributed by atoms with Crippen molar-refractivity contribution >= 4 is 43.0 Å². The molecule has 3 aromatic carbocycles. The van der Waals surface area contributed by atoms with Gasteiger partial charge in [-0.15, -0.1) is 0 Å². The number of para-hydroxylation sites is 1. The van der Waals surface area contributed by atoms with Gasteiger partial charge in [0.15, 0.2) is 11.5 Å². The van der Waals surface area contributed by atoms with E-state index in [4.69, 9.17) is 9.47 Å². The zero-order valence-corrected chi connectivity index (χ0v) is 20.3. The average molecular weight is 531 g/mol. The van der Waals surface area contributed by atoms with Crippen molar-refractivity contribution in [1.29, 1.82) is 0 Å². The van der Waals surface area contributed by atoms with Crippen LogP contribution in [0.4, 0.5) is 15.8 Å². The van der Waals surface area contributed by atoms with Gasteiger partial charge in [0.1, 0.15) is 11.5 Å². The maximum Gasteiger partial charge on any atom is 0.264 e. The van der Waals surface area contributed by atoms with Crippen molar-refractivity contribution in [1.82, 2.24) is 0 Å². The monoisotopic (exact) mass is 530 g/mol. The lowest BCUT2D eigenvalue weighted by Gasteiger charge is -2.38. The van der Waals surface area contributed by atoms with Crippen LogP contribution in [0.5, 0.6) is 11.5 Å². The molecule has 2 heterocycles. The van der Waals surface area contributed by atoms with E-state index in [1.165, 1.54) is 36.7 Å². The number of benzene rings is 3. The quantitative estimate of drug-likeness (QED) is 0.463. The smallest absolute Gasteiger partial charge is 0.264 e. The minimum absolute atomic E-state index is 0.0264. The molecule has 0 saturated heterocycles. The van der Waals surface area contributed by atoms with Gasteiger partial charge in [0.2, 0.25) is 0 Å². The first-order chi connectivity index (χ1) is 15.8. The Hall–Kier alpha value is -2.91. The van der Waals surface area contributed by atoms with E-state index in [1.54, 1.807) is 18.2 Å². The summed E-state index contributed by atoms with van der Waals surface area (Å²) >= 11 is 3.47. The second-order valence-electron chi connectivity index (χ2n) is 7.84. The Bertz CT molecular complexity index is 1410. The van der Waals surface area contributed by atoms with Crippen LogP contribution >= 0.6 is 15.9 Å². The first-order valence-electron chi connectivity index (χ1n) is 10.2. The van der Waals surface area contributed by atoms with Gasteiger partial charge in [-0.05, 0) is 47.9 Å². The minimum atomic E-state index is -3.99. The molecular weight excluding hydrogens is 511 g/mol. The van der Waals surface area contributed by atoms with Crippen molar-refractivity contribution in [3.8, 4) is 11.5 Å². The Morgan fingerprint density at radius 3 is 2.61 bits per heavy atom. The molecule has 0 radical (unpaired) electrons. The predicted octanol–water partition coefficient (Wildman–Crippen LogP) is 5.23. The fraction of sp³-hybridized carbons (Fsp3) is 0.208. The summed E-state index contributed by atoms with van der Waals surface area (Å²) in [6.07, 6.45) is 0.560. The van der Waals surface area contributed by atoms with Crippen molar-refractivity contribution < 1.29 is 22.3 Å². The van der Waals surface area contributed by atoms with Crippen LogP contribution in [0, 0.1) is 5.82 Å². The first kappa shape index (κ1) is 21.9. The normalized spacial score (nSPS) is 16.9. The van der Waals surface area contributed by atoms with Gasteiger partial charge in [-0.25, -0.2) is 12.8 Å². The van der Waals surface area contributed by atoms with E-state index in [1.807, 2.05) is 18.2 Å². The van der Waals surface area contributed by atoms with Gasteiger partial charge in [0.25, 0.3) is 10.0 Å². The van der Waals surface area contributed by atoms with Crippen molar-refractivity contribution in [2.45, 2.75) is 17.2 Å². The van der Waals surface area contributed by atoms with E-state index in [0.717, 1.165) is 15.6 Å². The molecule has 0 aromatic heterocycles. The van der Waals surface area contributed by atoms with Gasteiger partial charge < -0.3 is 9.47 Å². The summed E-state index contributed by atoms with van der Waals surface area (Å²) in [7, 11) is -1.04. The molecule has 33 heavy (non-hydrogen) atoms. The lowest BCUT2D eigenvalue weighted by molar-refractivity contribution is 0.354. The molecule has 0 fully saturated rings. The van der Waals surface area contributed by atoms with E-state index in [9.17, 15) is 12.8 Å². The molecule has 6 nitrogen and oxygen atoms in total. The summed E-state index contributed by atoms with van der Waals surface area (Å²) in [4.78, 5) is 4.65. The third kappa shape index (κ3) is 3.59. The van der Waals surface area contributed by atoms with Gasteiger partial charge in [-0.3, -0.25) is 9.30 Å². The number of rotatable bonds is 4. The standard InChI is InChI=1S/C24H20BrFN2O4S/c1-31-22-9-7-16(12-23(22)32-2)33(29,30)28-13-20-18(17-8-6-15(25)11-21(17)28)10-14-4-3-5-19(26)24(14)27-20/h3-9,11-12,18H,10,13H2,1-2H3. The Balaban J connectivity index is 1.67. The lowest BCUT2D eigenvalue weighted by atomic mass is 9.82. The summed E-state index contributed by atoms with van der Waals surface area (Å²) < 4.78 is 54.7. The van der Waals surface area contributed by atoms with Crippen LogP contribution < -0.4 is 13.8 Å². The Kier molecular flexibility index (Phi) is 5.41. The highest BCUT2D eigenvalue weighted by Gasteiger charge is 2.39. The minimum Gasteiger partial charge on any atom is -0.493 e. The summed E-state index contributed by atoms with van der Waals surface area (Å²) in [5.74, 6) is 0.213. The topological polar surface area (TPSA) is 68.2 Å². The van der Waals surface area contributed by atoms with E-state index in [-0.39, 0.29) is 23.0 Å². The Morgan fingerprint density at radius 2 is 1.85 bits per heavy atom. The summed E-state index contributed by atoms with van der Waals surface area (Å²) in [6, 6.07) is 15.0. The van der Waals surface area contributed by atoms with Gasteiger partial charge in [0.05, 0.1) is 31.3 Å². The summed E-state index contributed by atoms with van der Waals surface area (Å²) in [5, 5.41) is 0. The highest BCUT2D eigenvalue weighted by Crippen LogP contribution is 2.45. The van der Waals surface area contributed by atoms with Gasteiger partial charge in [0, 0.05) is 22.2 Å². The molecule has 1 unspecified atom stereocenters. The molecule has 5 rings (SSSR count). The number of hydrogen-bond donors (Lipinski definition) is 0. The number of aliphatic imine (C=N–C) groups is 1. The van der Waals surface area contributed by atoms with Crippen LogP contribution in [0.2, 0.25) is 0 Å². The Morgan fingerprint density at radius 1 is 1.06 bits per heavy atom. The van der Waals surface area contributed by atoms with Crippen molar-refractivity contribution in [2.75, 3.05) is 25.1 Å². The number of anilines is 1. The largest absolute Gasteiger partial charge is 0.493 e. The van der Waals surface area contributed by atoms with Crippen LogP contribution in [0.3, 0.4) is 0 Å². The number of fused-ring (bicyclic) bond motifs is 4. The highest BCUT2D eigenvalue weighted by atomic mass is 79.9. The number of sulfonamides is 1. The lowest BCUT2D eigenvalue weighted by Crippen LogP contribution is -2.43. The molecule has 1 atom stereocenters. The van der Waals surface area contributed by atoms with E-state index in [2.05, 4.69) is 20.9 Å². The first-order valence-corrected chi connectivity index (χ1v) is 12.5. The van der Waals surface area contributed by atoms with Gasteiger partial charge in [-0.2, -0.15) is 0 Å². The SMILES string of the molecule is COc1ccc(S(=O)(=O)N2CC3=Nc4c(F)cccc4CC3c3ccc(Br)cc32)cc1OC. The molecule has 2 aliphatic rings. The van der Waals surface area contributed by atoms with E-state index in [0.29, 0.717) is 29.3 Å². The molecule has 9 heteroatoms. The Labute approximate surface area is 199 Å². The maximum atomic E-state index is 14.5. The zero-order chi connectivity index (χ0) is 23.3. The van der Waals surface area contributed by atoms with E-state index >= 15 is 0 Å². The molecule has 170 valence electrons. The maximum absolute atomic E-state index is 14.5. The highest BCUT2D eigenvalue weighted by molar-refractivity contribution is 9.10. The number of halogens is 2. The number of ether oxygens (including phenoxy) is 2.